The third-order valence-corrected chi connectivity index (χ3v) is 20.9. The molecule has 0 aliphatic carbocycles. The maximum absolute atomic E-state index is 13.4. The maximum Gasteiger partial charge on any atom is 0.220 e. The SMILES string of the molecule is CCCCCCCCCCCCCCCCCCCCCCC/C=C/CC/C=C/C(O)C(COC1OC(CO)C(OC2OC(CO)C(O)C(O)C2O)C(O)C1O)NC(=O)CCCCCCCCCCCCCCCCCCCCCCCCCCCCCCCCCCCCCC. The minimum atomic E-state index is -1.79. The summed E-state index contributed by atoms with van der Waals surface area (Å²) in [5.74, 6) is -0.239. The Balaban J connectivity index is 1.59. The number of unbranched alkanes of at least 4 members (excludes halogenated alkanes) is 57. The van der Waals surface area contributed by atoms with Gasteiger partial charge in [-0.15, -0.1) is 0 Å². The van der Waals surface area contributed by atoms with Crippen LogP contribution in [0.15, 0.2) is 24.3 Å². The number of carbonyl (C=O) groups is 1. The lowest BCUT2D eigenvalue weighted by Gasteiger charge is -2.46. The van der Waals surface area contributed by atoms with E-state index in [0.29, 0.717) is 12.8 Å². The maximum atomic E-state index is 13.4. The first-order chi connectivity index (χ1) is 47.6. The lowest BCUT2D eigenvalue weighted by molar-refractivity contribution is -0.359. The molecule has 0 aromatic heterocycles. The third-order valence-electron chi connectivity index (χ3n) is 20.9. The van der Waals surface area contributed by atoms with Crippen molar-refractivity contribution in [3.05, 3.63) is 24.3 Å². The van der Waals surface area contributed by atoms with Gasteiger partial charge in [0.25, 0.3) is 0 Å². The van der Waals surface area contributed by atoms with E-state index in [1.807, 2.05) is 6.08 Å². The quantitative estimate of drug-likeness (QED) is 0.0204. The zero-order valence-corrected chi connectivity index (χ0v) is 63.1. The predicted octanol–water partition coefficient (Wildman–Crippen LogP) is 19.4. The molecular weight excluding hydrogens is 1220 g/mol. The number of allylic oxidation sites excluding steroid dienone is 3. The summed E-state index contributed by atoms with van der Waals surface area (Å²) < 4.78 is 22.9. The van der Waals surface area contributed by atoms with Gasteiger partial charge < -0.3 is 65.1 Å². The van der Waals surface area contributed by atoms with Crippen molar-refractivity contribution in [3.8, 4) is 0 Å². The highest BCUT2D eigenvalue weighted by Crippen LogP contribution is 2.30. The van der Waals surface area contributed by atoms with Crippen LogP contribution in [0.5, 0.6) is 0 Å². The van der Waals surface area contributed by atoms with Crippen molar-refractivity contribution >= 4 is 5.91 Å². The van der Waals surface area contributed by atoms with E-state index in [2.05, 4.69) is 31.3 Å². The van der Waals surface area contributed by atoms with Gasteiger partial charge >= 0.3 is 0 Å². The molecule has 97 heavy (non-hydrogen) atoms. The van der Waals surface area contributed by atoms with E-state index in [1.54, 1.807) is 6.08 Å². The Morgan fingerprint density at radius 2 is 0.660 bits per heavy atom. The number of aliphatic hydroxyl groups excluding tert-OH is 8. The van der Waals surface area contributed by atoms with Crippen molar-refractivity contribution in [3.63, 3.8) is 0 Å². The van der Waals surface area contributed by atoms with E-state index in [-0.39, 0.29) is 18.9 Å². The summed E-state index contributed by atoms with van der Waals surface area (Å²) in [6.07, 6.45) is 71.5. The summed E-state index contributed by atoms with van der Waals surface area (Å²) >= 11 is 0. The second-order valence-corrected chi connectivity index (χ2v) is 30.0. The molecule has 9 N–H and O–H groups in total. The first-order valence-electron chi connectivity index (χ1n) is 42.1. The summed E-state index contributed by atoms with van der Waals surface area (Å²) in [5, 5.41) is 87.7. The first kappa shape index (κ1) is 91.6. The zero-order chi connectivity index (χ0) is 70.1. The third kappa shape index (κ3) is 50.5. The highest BCUT2D eigenvalue weighted by Gasteiger charge is 2.51. The van der Waals surface area contributed by atoms with Crippen molar-refractivity contribution in [1.29, 1.82) is 0 Å². The molecule has 0 bridgehead atoms. The van der Waals surface area contributed by atoms with Crippen LogP contribution in [-0.2, 0) is 23.7 Å². The van der Waals surface area contributed by atoms with Crippen LogP contribution in [0, 0.1) is 0 Å². The largest absolute Gasteiger partial charge is 0.394 e. The van der Waals surface area contributed by atoms with Gasteiger partial charge in [0.15, 0.2) is 12.6 Å². The van der Waals surface area contributed by atoms with Gasteiger partial charge in [0, 0.05) is 6.42 Å². The summed E-state index contributed by atoms with van der Waals surface area (Å²) in [5.41, 5.74) is 0. The number of rotatable bonds is 72. The van der Waals surface area contributed by atoms with E-state index < -0.39 is 86.8 Å². The highest BCUT2D eigenvalue weighted by molar-refractivity contribution is 5.76. The normalized spacial score (nSPS) is 22.2. The van der Waals surface area contributed by atoms with Gasteiger partial charge in [0.2, 0.25) is 5.91 Å². The summed E-state index contributed by atoms with van der Waals surface area (Å²) in [6.45, 7) is 2.86. The van der Waals surface area contributed by atoms with Crippen LogP contribution in [0.2, 0.25) is 0 Å². The molecule has 0 spiro atoms. The highest BCUT2D eigenvalue weighted by atomic mass is 16.7. The van der Waals surface area contributed by atoms with Gasteiger partial charge in [0.1, 0.15) is 48.8 Å². The number of aliphatic hydroxyl groups is 8. The Morgan fingerprint density at radius 3 is 1.01 bits per heavy atom. The van der Waals surface area contributed by atoms with E-state index >= 15 is 0 Å². The van der Waals surface area contributed by atoms with Crippen molar-refractivity contribution < 1.29 is 64.6 Å². The smallest absolute Gasteiger partial charge is 0.220 e. The van der Waals surface area contributed by atoms with Crippen LogP contribution in [0.25, 0.3) is 0 Å². The van der Waals surface area contributed by atoms with Crippen LogP contribution in [0.3, 0.4) is 0 Å². The molecule has 0 saturated carbocycles. The molecule has 2 aliphatic rings. The lowest BCUT2D eigenvalue weighted by atomic mass is 9.97. The van der Waals surface area contributed by atoms with Crippen LogP contribution in [0.4, 0.5) is 0 Å². The predicted molar refractivity (Wildman–Crippen MR) is 402 cm³/mol. The molecule has 14 nitrogen and oxygen atoms in total. The molecule has 12 atom stereocenters. The number of ether oxygens (including phenoxy) is 4. The molecule has 2 heterocycles. The number of amides is 1. The van der Waals surface area contributed by atoms with Crippen LogP contribution < -0.4 is 5.32 Å². The standard InChI is InChI=1S/C83H159NO13/c1-3-5-7-9-11-13-15-17-19-21-23-25-27-29-31-32-33-34-35-36-37-38-39-41-43-45-47-49-51-53-55-57-59-61-63-65-67-75(88)84-71(70-94-82-80(93)78(91)81(74(69-86)96-82)97-83-79(92)77(90)76(89)73(68-85)95-83)72(87)66-64-62-60-58-56-54-52-50-48-46-44-42-40-30-28-26-24-22-20-18-16-14-12-10-8-6-4-2/h56,58,64,66,71-74,76-83,85-87,89-93H,3-55,57,59-63,65,67-70H2,1-2H3,(H,84,88)/b58-56+,66-64+. The van der Waals surface area contributed by atoms with Crippen LogP contribution in [0.1, 0.15) is 406 Å². The zero-order valence-electron chi connectivity index (χ0n) is 63.1. The first-order valence-corrected chi connectivity index (χ1v) is 42.1. The number of carbonyl (C=O) groups excluding carboxylic acids is 1. The minimum absolute atomic E-state index is 0.239. The van der Waals surface area contributed by atoms with Crippen molar-refractivity contribution in [2.45, 2.75) is 479 Å². The van der Waals surface area contributed by atoms with E-state index in [1.165, 1.54) is 340 Å². The topological polar surface area (TPSA) is 228 Å². The number of hydrogen-bond donors (Lipinski definition) is 9. The monoisotopic (exact) mass is 1380 g/mol. The van der Waals surface area contributed by atoms with Crippen molar-refractivity contribution in [2.75, 3.05) is 19.8 Å². The molecule has 2 rings (SSSR count). The lowest BCUT2D eigenvalue weighted by Crippen LogP contribution is -2.65. The summed E-state index contributed by atoms with van der Waals surface area (Å²) in [7, 11) is 0. The molecule has 0 radical (unpaired) electrons. The molecule has 0 aromatic rings. The van der Waals surface area contributed by atoms with Crippen LogP contribution in [-0.4, -0.2) is 140 Å². The van der Waals surface area contributed by atoms with Crippen molar-refractivity contribution in [2.24, 2.45) is 0 Å². The Bertz CT molecular complexity index is 1720. The fraction of sp³-hybridized carbons (Fsp3) is 0.940. The average Bonchev–Trinajstić information content (AvgIpc) is 0.826. The number of hydrogen-bond acceptors (Lipinski definition) is 13. The number of nitrogens with one attached hydrogen (secondary N) is 1. The summed E-state index contributed by atoms with van der Waals surface area (Å²) in [6, 6.07) is -0.931. The van der Waals surface area contributed by atoms with Gasteiger partial charge in [-0.25, -0.2) is 0 Å². The second-order valence-electron chi connectivity index (χ2n) is 30.0. The Labute approximate surface area is 596 Å². The molecule has 14 heteroatoms. The van der Waals surface area contributed by atoms with Gasteiger partial charge in [0.05, 0.1) is 32.0 Å². The van der Waals surface area contributed by atoms with Gasteiger partial charge in [-0.05, 0) is 32.1 Å². The molecule has 2 aliphatic heterocycles. The van der Waals surface area contributed by atoms with E-state index in [0.717, 1.165) is 32.1 Å². The molecule has 2 fully saturated rings. The van der Waals surface area contributed by atoms with Crippen LogP contribution >= 0.6 is 0 Å². The molecule has 12 unspecified atom stereocenters. The minimum Gasteiger partial charge on any atom is -0.394 e. The average molecular weight is 1380 g/mol. The molecule has 574 valence electrons. The fourth-order valence-corrected chi connectivity index (χ4v) is 14.3. The molecule has 2 saturated heterocycles. The Hall–Kier alpha value is -1.53. The Morgan fingerprint density at radius 1 is 0.361 bits per heavy atom. The van der Waals surface area contributed by atoms with E-state index in [4.69, 9.17) is 18.9 Å². The van der Waals surface area contributed by atoms with Gasteiger partial charge in [-0.3, -0.25) is 4.79 Å². The molecule has 1 amide bonds. The Kier molecular flexibility index (Phi) is 63.8. The van der Waals surface area contributed by atoms with E-state index in [9.17, 15) is 45.6 Å². The molecular formula is C83H159NO13. The second kappa shape index (κ2) is 67.6. The molecule has 0 aromatic carbocycles. The summed E-state index contributed by atoms with van der Waals surface area (Å²) in [4.78, 5) is 13.4. The van der Waals surface area contributed by atoms with Gasteiger partial charge in [-0.2, -0.15) is 0 Å². The van der Waals surface area contributed by atoms with Gasteiger partial charge in [-0.1, -0.05) is 391 Å². The van der Waals surface area contributed by atoms with Crippen molar-refractivity contribution in [1.82, 2.24) is 5.32 Å². The fourth-order valence-electron chi connectivity index (χ4n) is 14.3.